The minimum absolute atomic E-state index is 0.0450. The van der Waals surface area contributed by atoms with Gasteiger partial charge in [0.25, 0.3) is 0 Å². The molecule has 54 heavy (non-hydrogen) atoms. The molecular formula is C52H38S2. The molecule has 1 spiro atoms. The van der Waals surface area contributed by atoms with Crippen molar-refractivity contribution in [2.24, 2.45) is 23.7 Å². The summed E-state index contributed by atoms with van der Waals surface area (Å²) >= 11 is 3.94. The van der Waals surface area contributed by atoms with Crippen molar-refractivity contribution in [1.82, 2.24) is 0 Å². The first-order valence-electron chi connectivity index (χ1n) is 19.9. The van der Waals surface area contributed by atoms with E-state index in [1.807, 2.05) is 22.7 Å². The number of thiophene rings is 2. The van der Waals surface area contributed by atoms with Gasteiger partial charge in [0.15, 0.2) is 0 Å². The second-order valence-electron chi connectivity index (χ2n) is 16.7. The maximum atomic E-state index is 2.57. The van der Waals surface area contributed by atoms with E-state index in [2.05, 4.69) is 146 Å². The minimum Gasteiger partial charge on any atom is -0.135 e. The van der Waals surface area contributed by atoms with Gasteiger partial charge in [0.05, 0.1) is 0 Å². The van der Waals surface area contributed by atoms with Crippen LogP contribution in [0.15, 0.2) is 146 Å². The van der Waals surface area contributed by atoms with E-state index in [9.17, 15) is 0 Å². The summed E-state index contributed by atoms with van der Waals surface area (Å²) in [5.41, 5.74) is 14.6. The lowest BCUT2D eigenvalue weighted by molar-refractivity contribution is -0.0397. The molecule has 0 saturated heterocycles. The van der Waals surface area contributed by atoms with Crippen LogP contribution in [0.4, 0.5) is 0 Å². The van der Waals surface area contributed by atoms with E-state index in [0.717, 1.165) is 11.8 Å². The van der Waals surface area contributed by atoms with E-state index in [1.165, 1.54) is 117 Å². The predicted molar refractivity (Wildman–Crippen MR) is 232 cm³/mol. The van der Waals surface area contributed by atoms with Crippen LogP contribution in [0.3, 0.4) is 0 Å². The quantitative estimate of drug-likeness (QED) is 0.170. The molecular weight excluding hydrogens is 689 g/mol. The number of hydrogen-bond acceptors (Lipinski definition) is 2. The van der Waals surface area contributed by atoms with Crippen molar-refractivity contribution in [1.29, 1.82) is 0 Å². The summed E-state index contributed by atoms with van der Waals surface area (Å²) in [6.45, 7) is 0. The standard InChI is InChI=1S/C52H38S2/c1-2-11-32(12-3-1)35-15-8-18-40-41-19-9-17-39(51(41)54-50(35)40)38-24-23-37(36-16-10-22-46-47(36)43-14-5-7-21-45(43)53-46)48-42-13-4-6-20-44(42)52(49(38)48)33-26-30-25-31(28-33)29-34(52)27-30/h1-24,30-31,33-34H,25-29H2. The Labute approximate surface area is 323 Å². The van der Waals surface area contributed by atoms with Crippen LogP contribution in [0.5, 0.6) is 0 Å². The molecule has 4 fully saturated rings. The van der Waals surface area contributed by atoms with Crippen LogP contribution in [0, 0.1) is 23.7 Å². The first-order valence-corrected chi connectivity index (χ1v) is 21.6. The third-order valence-corrected chi connectivity index (χ3v) is 16.7. The fraction of sp³-hybridized carbons (Fsp3) is 0.192. The van der Waals surface area contributed by atoms with Gasteiger partial charge < -0.3 is 0 Å². The molecule has 14 rings (SSSR count). The average molecular weight is 727 g/mol. The van der Waals surface area contributed by atoms with Crippen molar-refractivity contribution in [2.45, 2.75) is 37.5 Å². The van der Waals surface area contributed by atoms with Crippen LogP contribution >= 0.6 is 22.7 Å². The Morgan fingerprint density at radius 1 is 0.407 bits per heavy atom. The molecule has 0 atom stereocenters. The first kappa shape index (κ1) is 30.3. The molecule has 0 unspecified atom stereocenters. The molecule has 258 valence electrons. The number of rotatable bonds is 3. The smallest absolute Gasteiger partial charge is 0.0434 e. The highest BCUT2D eigenvalue weighted by molar-refractivity contribution is 7.27. The Balaban J connectivity index is 1.15. The van der Waals surface area contributed by atoms with Crippen molar-refractivity contribution in [3.63, 3.8) is 0 Å². The van der Waals surface area contributed by atoms with Crippen LogP contribution in [0.2, 0.25) is 0 Å². The van der Waals surface area contributed by atoms with Gasteiger partial charge in [-0.3, -0.25) is 0 Å². The maximum Gasteiger partial charge on any atom is 0.0434 e. The van der Waals surface area contributed by atoms with Crippen LogP contribution in [-0.4, -0.2) is 0 Å². The van der Waals surface area contributed by atoms with Crippen molar-refractivity contribution in [2.75, 3.05) is 0 Å². The topological polar surface area (TPSA) is 0 Å². The van der Waals surface area contributed by atoms with Crippen molar-refractivity contribution >= 4 is 63.0 Å². The van der Waals surface area contributed by atoms with Crippen LogP contribution < -0.4 is 0 Å². The van der Waals surface area contributed by atoms with Gasteiger partial charge in [0.2, 0.25) is 0 Å². The Kier molecular flexibility index (Phi) is 6.19. The molecule has 0 aliphatic heterocycles. The molecule has 5 aliphatic rings. The number of benzene rings is 7. The summed E-state index contributed by atoms with van der Waals surface area (Å²) in [5, 5.41) is 5.55. The molecule has 4 saturated carbocycles. The molecule has 7 aromatic carbocycles. The lowest BCUT2D eigenvalue weighted by Crippen LogP contribution is -2.55. The van der Waals surface area contributed by atoms with E-state index in [4.69, 9.17) is 0 Å². The minimum atomic E-state index is 0.0450. The zero-order chi connectivity index (χ0) is 35.1. The molecule has 0 nitrogen and oxygen atoms in total. The molecule has 2 aromatic heterocycles. The zero-order valence-electron chi connectivity index (χ0n) is 30.0. The average Bonchev–Trinajstić information content (AvgIpc) is 3.89. The highest BCUT2D eigenvalue weighted by Gasteiger charge is 2.62. The summed E-state index contributed by atoms with van der Waals surface area (Å²) in [7, 11) is 0. The van der Waals surface area contributed by atoms with Gasteiger partial charge >= 0.3 is 0 Å². The fourth-order valence-corrected chi connectivity index (χ4v) is 15.1. The monoisotopic (exact) mass is 726 g/mol. The Morgan fingerprint density at radius 2 is 1.00 bits per heavy atom. The van der Waals surface area contributed by atoms with E-state index < -0.39 is 0 Å². The lowest BCUT2D eigenvalue weighted by Gasteiger charge is -2.61. The zero-order valence-corrected chi connectivity index (χ0v) is 31.7. The van der Waals surface area contributed by atoms with E-state index >= 15 is 0 Å². The van der Waals surface area contributed by atoms with Gasteiger partial charge in [-0.1, -0.05) is 133 Å². The summed E-state index contributed by atoms with van der Waals surface area (Å²) in [6.07, 6.45) is 6.97. The van der Waals surface area contributed by atoms with Gasteiger partial charge in [0.1, 0.15) is 0 Å². The molecule has 5 aliphatic carbocycles. The molecule has 9 aromatic rings. The Bertz CT molecular complexity index is 2980. The van der Waals surface area contributed by atoms with Crippen LogP contribution in [0.1, 0.15) is 43.2 Å². The molecule has 0 N–H and O–H groups in total. The first-order chi connectivity index (χ1) is 26.8. The summed E-state index contributed by atoms with van der Waals surface area (Å²) in [6, 6.07) is 55.9. The normalized spacial score (nSPS) is 23.6. The molecule has 2 heterocycles. The lowest BCUT2D eigenvalue weighted by atomic mass is 9.42. The summed E-state index contributed by atoms with van der Waals surface area (Å²) in [5.74, 6) is 3.17. The second kappa shape index (κ2) is 11.0. The highest BCUT2D eigenvalue weighted by atomic mass is 32.1. The number of hydrogen-bond donors (Lipinski definition) is 0. The molecule has 0 radical (unpaired) electrons. The van der Waals surface area contributed by atoms with Gasteiger partial charge in [0, 0.05) is 45.8 Å². The maximum absolute atomic E-state index is 2.57. The van der Waals surface area contributed by atoms with Gasteiger partial charge in [-0.25, -0.2) is 0 Å². The largest absolute Gasteiger partial charge is 0.135 e. The highest BCUT2D eigenvalue weighted by Crippen LogP contribution is 2.71. The number of fused-ring (bicyclic) bond motifs is 9. The SMILES string of the molecule is c1ccc(-c2cccc3c2sc2c(-c4ccc(-c5cccc6sc7ccccc7c56)c5c4C4(c6ccccc6-5)C5CC6CC(C5)CC4C6)cccc23)cc1. The van der Waals surface area contributed by atoms with Crippen LogP contribution in [0.25, 0.3) is 84.9 Å². The molecule has 0 amide bonds. The van der Waals surface area contributed by atoms with Gasteiger partial charge in [-0.05, 0) is 124 Å². The Hall–Kier alpha value is -5.02. The summed E-state index contributed by atoms with van der Waals surface area (Å²) in [4.78, 5) is 0. The van der Waals surface area contributed by atoms with Crippen molar-refractivity contribution < 1.29 is 0 Å². The predicted octanol–water partition coefficient (Wildman–Crippen LogP) is 15.1. The van der Waals surface area contributed by atoms with Crippen LogP contribution in [-0.2, 0) is 5.41 Å². The van der Waals surface area contributed by atoms with Gasteiger partial charge in [-0.2, -0.15) is 0 Å². The van der Waals surface area contributed by atoms with E-state index in [-0.39, 0.29) is 5.41 Å². The Morgan fingerprint density at radius 3 is 1.81 bits per heavy atom. The molecule has 2 heteroatoms. The van der Waals surface area contributed by atoms with Gasteiger partial charge in [-0.15, -0.1) is 22.7 Å². The van der Waals surface area contributed by atoms with E-state index in [1.54, 1.807) is 11.1 Å². The third kappa shape index (κ3) is 3.88. The van der Waals surface area contributed by atoms with Crippen molar-refractivity contribution in [3.05, 3.63) is 157 Å². The second-order valence-corrected chi connectivity index (χ2v) is 18.8. The van der Waals surface area contributed by atoms with E-state index in [0.29, 0.717) is 11.8 Å². The third-order valence-electron chi connectivity index (χ3n) is 14.3. The fourth-order valence-electron chi connectivity index (χ4n) is 12.6. The molecule has 4 bridgehead atoms. The summed E-state index contributed by atoms with van der Waals surface area (Å²) < 4.78 is 5.57. The van der Waals surface area contributed by atoms with Crippen molar-refractivity contribution in [3.8, 4) is 44.5 Å².